The smallest absolute Gasteiger partial charge is 0.291 e. The maximum atomic E-state index is 13.5. The van der Waals surface area contributed by atoms with E-state index >= 15 is 0 Å². The van der Waals surface area contributed by atoms with Gasteiger partial charge in [-0.2, -0.15) is 0 Å². The Kier molecular flexibility index (Phi) is 4.02. The van der Waals surface area contributed by atoms with E-state index in [2.05, 4.69) is 0 Å². The highest BCUT2D eigenvalue weighted by Crippen LogP contribution is 2.38. The molecule has 3 aromatic rings. The molecule has 142 valence electrons. The summed E-state index contributed by atoms with van der Waals surface area (Å²) < 4.78 is 25.0. The van der Waals surface area contributed by atoms with E-state index in [0.717, 1.165) is 12.8 Å². The highest BCUT2D eigenvalue weighted by molar-refractivity contribution is 5.99. The van der Waals surface area contributed by atoms with Crippen molar-refractivity contribution < 1.29 is 18.3 Å². The van der Waals surface area contributed by atoms with Crippen molar-refractivity contribution in [2.45, 2.75) is 25.0 Å². The van der Waals surface area contributed by atoms with Gasteiger partial charge in [0.25, 0.3) is 5.91 Å². The molecule has 5 nitrogen and oxygen atoms in total. The number of benzene rings is 2. The van der Waals surface area contributed by atoms with E-state index in [9.17, 15) is 14.0 Å². The summed E-state index contributed by atoms with van der Waals surface area (Å²) in [4.78, 5) is 28.1. The fraction of sp³-hybridized carbons (Fsp3) is 0.273. The normalized spacial score (nSPS) is 21.5. The number of rotatable bonds is 3. The van der Waals surface area contributed by atoms with Gasteiger partial charge in [0.1, 0.15) is 11.4 Å². The first-order chi connectivity index (χ1) is 13.6. The zero-order valence-electron chi connectivity index (χ0n) is 15.1. The number of hydrogen-bond acceptors (Lipinski definition) is 4. The molecule has 0 radical (unpaired) electrons. The predicted molar refractivity (Wildman–Crippen MR) is 101 cm³/mol. The molecule has 1 saturated heterocycles. The van der Waals surface area contributed by atoms with Gasteiger partial charge >= 0.3 is 0 Å². The Morgan fingerprint density at radius 3 is 2.61 bits per heavy atom. The second-order valence-electron chi connectivity index (χ2n) is 7.22. The van der Waals surface area contributed by atoms with Crippen molar-refractivity contribution >= 4 is 16.9 Å². The summed E-state index contributed by atoms with van der Waals surface area (Å²) in [5, 5.41) is 0.431. The van der Waals surface area contributed by atoms with Crippen LogP contribution in [0, 0.1) is 5.82 Å². The van der Waals surface area contributed by atoms with Crippen LogP contribution in [0.15, 0.2) is 57.7 Å². The van der Waals surface area contributed by atoms with Gasteiger partial charge in [-0.25, -0.2) is 4.39 Å². The van der Waals surface area contributed by atoms with Crippen LogP contribution in [0.1, 0.15) is 40.6 Å². The first-order valence-electron chi connectivity index (χ1n) is 9.37. The number of amides is 1. The highest BCUT2D eigenvalue weighted by Gasteiger charge is 2.43. The van der Waals surface area contributed by atoms with Gasteiger partial charge < -0.3 is 14.1 Å². The third kappa shape index (κ3) is 2.64. The number of hydrogen-bond donors (Lipinski definition) is 0. The molecule has 5 rings (SSSR count). The molecule has 3 heterocycles. The second kappa shape index (κ2) is 6.56. The van der Waals surface area contributed by atoms with Gasteiger partial charge in [0.2, 0.25) is 5.76 Å². The number of carbonyl (C=O) groups excluding carboxylic acids is 1. The molecule has 1 fully saturated rings. The third-order valence-electron chi connectivity index (χ3n) is 5.48. The Hall–Kier alpha value is -2.99. The van der Waals surface area contributed by atoms with Gasteiger partial charge in [0, 0.05) is 13.2 Å². The Morgan fingerprint density at radius 2 is 1.86 bits per heavy atom. The van der Waals surface area contributed by atoms with Gasteiger partial charge in [-0.05, 0) is 42.7 Å². The summed E-state index contributed by atoms with van der Waals surface area (Å²) in [5.41, 5.74) is 1.15. The van der Waals surface area contributed by atoms with Crippen molar-refractivity contribution in [1.82, 2.24) is 4.90 Å². The number of ether oxygens (including phenoxy) is 1. The van der Waals surface area contributed by atoms with Gasteiger partial charge in [-0.1, -0.05) is 24.3 Å². The third-order valence-corrected chi connectivity index (χ3v) is 5.48. The molecule has 0 saturated carbocycles. The Morgan fingerprint density at radius 1 is 1.07 bits per heavy atom. The summed E-state index contributed by atoms with van der Waals surface area (Å²) in [6, 6.07) is 12.2. The molecule has 0 spiro atoms. The summed E-state index contributed by atoms with van der Waals surface area (Å²) >= 11 is 0. The fourth-order valence-electron chi connectivity index (χ4n) is 4.15. The van der Waals surface area contributed by atoms with Crippen LogP contribution in [0.3, 0.4) is 0 Å². The van der Waals surface area contributed by atoms with Crippen LogP contribution in [-0.4, -0.2) is 30.1 Å². The van der Waals surface area contributed by atoms with Gasteiger partial charge in [-0.3, -0.25) is 9.59 Å². The minimum atomic E-state index is -0.617. The Labute approximate surface area is 160 Å². The largest absolute Gasteiger partial charge is 0.450 e. The van der Waals surface area contributed by atoms with Gasteiger partial charge in [-0.15, -0.1) is 0 Å². The monoisotopic (exact) mass is 379 g/mol. The molecule has 28 heavy (non-hydrogen) atoms. The van der Waals surface area contributed by atoms with Crippen molar-refractivity contribution in [3.63, 3.8) is 0 Å². The molecule has 1 aromatic heterocycles. The van der Waals surface area contributed by atoms with Gasteiger partial charge in [0.05, 0.1) is 23.1 Å². The lowest BCUT2D eigenvalue weighted by Crippen LogP contribution is -2.36. The first kappa shape index (κ1) is 17.1. The number of fused-ring (bicyclic) bond motifs is 2. The second-order valence-corrected chi connectivity index (χ2v) is 7.22. The van der Waals surface area contributed by atoms with Crippen molar-refractivity contribution in [3.05, 3.63) is 81.5 Å². The quantitative estimate of drug-likeness (QED) is 0.697. The predicted octanol–water partition coefficient (Wildman–Crippen LogP) is 3.66. The SMILES string of the molecule is O=C1c2oc3ccccc3c(=O)c2[C@@H](c2ccc(F)cc2)N1C[C@H]1CCCO1. The van der Waals surface area contributed by atoms with Crippen LogP contribution in [0.25, 0.3) is 11.0 Å². The number of halogens is 1. The average molecular weight is 379 g/mol. The molecule has 6 heteroatoms. The molecule has 0 bridgehead atoms. The van der Waals surface area contributed by atoms with Crippen LogP contribution in [-0.2, 0) is 4.74 Å². The molecule has 2 aliphatic heterocycles. The van der Waals surface area contributed by atoms with Crippen molar-refractivity contribution in [2.24, 2.45) is 0 Å². The summed E-state index contributed by atoms with van der Waals surface area (Å²) in [7, 11) is 0. The van der Waals surface area contributed by atoms with Crippen LogP contribution in [0.5, 0.6) is 0 Å². The molecular formula is C22H18FNO4. The van der Waals surface area contributed by atoms with E-state index in [0.29, 0.717) is 35.2 Å². The van der Waals surface area contributed by atoms with E-state index in [4.69, 9.17) is 9.15 Å². The lowest BCUT2D eigenvalue weighted by atomic mass is 9.98. The molecule has 1 amide bonds. The molecule has 2 atom stereocenters. The molecule has 0 aliphatic carbocycles. The Bertz CT molecular complexity index is 1120. The first-order valence-corrected chi connectivity index (χ1v) is 9.37. The van der Waals surface area contributed by atoms with Crippen molar-refractivity contribution in [1.29, 1.82) is 0 Å². The zero-order valence-corrected chi connectivity index (χ0v) is 15.1. The van der Waals surface area contributed by atoms with E-state index < -0.39 is 6.04 Å². The topological polar surface area (TPSA) is 59.8 Å². The minimum Gasteiger partial charge on any atom is -0.450 e. The highest BCUT2D eigenvalue weighted by atomic mass is 19.1. The lowest BCUT2D eigenvalue weighted by Gasteiger charge is -2.27. The maximum Gasteiger partial charge on any atom is 0.291 e. The van der Waals surface area contributed by atoms with Crippen molar-refractivity contribution in [3.8, 4) is 0 Å². The molecule has 2 aromatic carbocycles. The lowest BCUT2D eigenvalue weighted by molar-refractivity contribution is 0.0486. The van der Waals surface area contributed by atoms with Gasteiger partial charge in [0.15, 0.2) is 5.43 Å². The summed E-state index contributed by atoms with van der Waals surface area (Å²) in [5.74, 6) is -0.636. The summed E-state index contributed by atoms with van der Waals surface area (Å²) in [6.45, 7) is 1.03. The summed E-state index contributed by atoms with van der Waals surface area (Å²) in [6.07, 6.45) is 1.73. The van der Waals surface area contributed by atoms with Crippen LogP contribution in [0.2, 0.25) is 0 Å². The zero-order chi connectivity index (χ0) is 19.3. The van der Waals surface area contributed by atoms with Crippen molar-refractivity contribution in [2.75, 3.05) is 13.2 Å². The number of nitrogens with zero attached hydrogens (tertiary/aromatic N) is 1. The molecule has 2 aliphatic rings. The number of carbonyl (C=O) groups is 1. The number of para-hydroxylation sites is 1. The van der Waals surface area contributed by atoms with E-state index in [1.165, 1.54) is 12.1 Å². The average Bonchev–Trinajstić information content (AvgIpc) is 3.31. The molecule has 0 unspecified atom stereocenters. The van der Waals surface area contributed by atoms with E-state index in [-0.39, 0.29) is 29.0 Å². The van der Waals surface area contributed by atoms with E-state index in [1.807, 2.05) is 0 Å². The standard InChI is InChI=1S/C22H18FNO4/c23-14-9-7-13(8-10-14)19-18-20(25)16-5-1-2-6-17(16)28-21(18)22(26)24(19)12-15-4-3-11-27-15/h1-2,5-10,15,19H,3-4,11-12H2/t15-,19-/m1/s1. The molecule has 0 N–H and O–H groups in total. The van der Waals surface area contributed by atoms with Crippen LogP contribution < -0.4 is 5.43 Å². The fourth-order valence-corrected chi connectivity index (χ4v) is 4.15. The van der Waals surface area contributed by atoms with Crippen LogP contribution >= 0.6 is 0 Å². The van der Waals surface area contributed by atoms with E-state index in [1.54, 1.807) is 41.3 Å². The maximum absolute atomic E-state index is 13.5. The van der Waals surface area contributed by atoms with Crippen LogP contribution in [0.4, 0.5) is 4.39 Å². The minimum absolute atomic E-state index is 0.0658. The Balaban J connectivity index is 1.70. The molecular weight excluding hydrogens is 361 g/mol.